The van der Waals surface area contributed by atoms with Gasteiger partial charge in [0.25, 0.3) is 5.91 Å². The van der Waals surface area contributed by atoms with Gasteiger partial charge in [-0.2, -0.15) is 0 Å². The minimum atomic E-state index is -1.34. The maximum atomic E-state index is 12.9. The SMILES string of the molecule is NC1CCN(S(=O)c2ccccc2OCC(=O)NCCCN2CCc3ccccc3C2)C1. The monoisotopic (exact) mass is 456 g/mol. The van der Waals surface area contributed by atoms with E-state index in [2.05, 4.69) is 34.5 Å². The predicted molar refractivity (Wildman–Crippen MR) is 126 cm³/mol. The van der Waals surface area contributed by atoms with Crippen molar-refractivity contribution in [1.29, 1.82) is 0 Å². The van der Waals surface area contributed by atoms with Crippen LogP contribution in [0.5, 0.6) is 5.75 Å². The van der Waals surface area contributed by atoms with Gasteiger partial charge in [-0.1, -0.05) is 36.4 Å². The molecule has 1 fully saturated rings. The van der Waals surface area contributed by atoms with Gasteiger partial charge in [-0.05, 0) is 42.5 Å². The van der Waals surface area contributed by atoms with Crippen molar-refractivity contribution in [3.63, 3.8) is 0 Å². The Morgan fingerprint density at radius 1 is 1.12 bits per heavy atom. The van der Waals surface area contributed by atoms with Crippen LogP contribution in [0.2, 0.25) is 0 Å². The van der Waals surface area contributed by atoms with Gasteiger partial charge >= 0.3 is 0 Å². The molecule has 0 aromatic heterocycles. The molecule has 2 heterocycles. The zero-order valence-corrected chi connectivity index (χ0v) is 19.2. The number of hydrogen-bond acceptors (Lipinski definition) is 5. The number of carbonyl (C=O) groups excluding carboxylic acids is 1. The van der Waals surface area contributed by atoms with E-state index in [1.807, 2.05) is 16.4 Å². The Bertz CT molecular complexity index is 954. The Morgan fingerprint density at radius 3 is 2.72 bits per heavy atom. The van der Waals surface area contributed by atoms with Crippen LogP contribution in [0, 0.1) is 0 Å². The fraction of sp³-hybridized carbons (Fsp3) is 0.458. The van der Waals surface area contributed by atoms with Gasteiger partial charge in [-0.15, -0.1) is 0 Å². The Balaban J connectivity index is 1.19. The summed E-state index contributed by atoms with van der Waals surface area (Å²) >= 11 is 0. The van der Waals surface area contributed by atoms with E-state index < -0.39 is 11.0 Å². The van der Waals surface area contributed by atoms with Crippen LogP contribution in [0.1, 0.15) is 24.0 Å². The first-order valence-electron chi connectivity index (χ1n) is 11.3. The molecule has 172 valence electrons. The van der Waals surface area contributed by atoms with E-state index in [1.165, 1.54) is 11.1 Å². The second kappa shape index (κ2) is 11.0. The number of carbonyl (C=O) groups is 1. The van der Waals surface area contributed by atoms with Gasteiger partial charge in [0.15, 0.2) is 6.61 Å². The number of ether oxygens (including phenoxy) is 1. The zero-order chi connectivity index (χ0) is 22.3. The highest BCUT2D eigenvalue weighted by atomic mass is 32.2. The van der Waals surface area contributed by atoms with Crippen LogP contribution in [0.4, 0.5) is 0 Å². The van der Waals surface area contributed by atoms with E-state index in [0.717, 1.165) is 38.9 Å². The molecule has 0 aliphatic carbocycles. The number of rotatable bonds is 9. The fourth-order valence-corrected chi connectivity index (χ4v) is 5.60. The lowest BCUT2D eigenvalue weighted by molar-refractivity contribution is -0.123. The summed E-state index contributed by atoms with van der Waals surface area (Å²) < 4.78 is 20.5. The number of benzene rings is 2. The molecule has 1 amide bonds. The zero-order valence-electron chi connectivity index (χ0n) is 18.4. The van der Waals surface area contributed by atoms with Crippen molar-refractivity contribution in [2.24, 2.45) is 5.73 Å². The van der Waals surface area contributed by atoms with Gasteiger partial charge in [0.05, 0.1) is 4.90 Å². The Morgan fingerprint density at radius 2 is 1.91 bits per heavy atom. The number of nitrogens with one attached hydrogen (secondary N) is 1. The molecule has 1 saturated heterocycles. The highest BCUT2D eigenvalue weighted by molar-refractivity contribution is 7.82. The quantitative estimate of drug-likeness (QED) is 0.561. The summed E-state index contributed by atoms with van der Waals surface area (Å²) in [6, 6.07) is 15.8. The number of amides is 1. The number of nitrogens with two attached hydrogens (primary N) is 1. The molecule has 0 saturated carbocycles. The highest BCUT2D eigenvalue weighted by Crippen LogP contribution is 2.25. The van der Waals surface area contributed by atoms with Crippen molar-refractivity contribution in [3.8, 4) is 5.75 Å². The molecule has 2 aliphatic heterocycles. The fourth-order valence-electron chi connectivity index (χ4n) is 4.23. The molecule has 2 aromatic carbocycles. The molecule has 0 bridgehead atoms. The second-order valence-electron chi connectivity index (χ2n) is 8.42. The van der Waals surface area contributed by atoms with E-state index in [-0.39, 0.29) is 18.6 Å². The molecule has 2 aliphatic rings. The number of para-hydroxylation sites is 1. The average Bonchev–Trinajstić information content (AvgIpc) is 3.26. The first-order valence-corrected chi connectivity index (χ1v) is 12.4. The van der Waals surface area contributed by atoms with Gasteiger partial charge in [0.1, 0.15) is 16.7 Å². The number of nitrogens with zero attached hydrogens (tertiary/aromatic N) is 2. The van der Waals surface area contributed by atoms with Crippen LogP contribution in [0.25, 0.3) is 0 Å². The first kappa shape index (κ1) is 22.9. The third-order valence-electron chi connectivity index (χ3n) is 6.00. The summed E-state index contributed by atoms with van der Waals surface area (Å²) in [7, 11) is -1.34. The molecule has 0 radical (unpaired) electrons. The molecule has 4 rings (SSSR count). The molecule has 0 spiro atoms. The summed E-state index contributed by atoms with van der Waals surface area (Å²) in [4.78, 5) is 15.3. The summed E-state index contributed by atoms with van der Waals surface area (Å²) in [5.74, 6) is 0.311. The molecule has 3 N–H and O–H groups in total. The Kier molecular flexibility index (Phi) is 7.91. The van der Waals surface area contributed by atoms with Gasteiger partial charge in [0.2, 0.25) is 0 Å². The van der Waals surface area contributed by atoms with E-state index in [9.17, 15) is 9.00 Å². The molecule has 2 aromatic rings. The predicted octanol–water partition coefficient (Wildman–Crippen LogP) is 1.69. The van der Waals surface area contributed by atoms with Crippen molar-refractivity contribution in [3.05, 3.63) is 59.7 Å². The largest absolute Gasteiger partial charge is 0.482 e. The minimum Gasteiger partial charge on any atom is -0.482 e. The topological polar surface area (TPSA) is 87.9 Å². The van der Waals surface area contributed by atoms with Gasteiger partial charge < -0.3 is 15.8 Å². The van der Waals surface area contributed by atoms with Crippen LogP contribution in [0.3, 0.4) is 0 Å². The Labute approximate surface area is 192 Å². The van der Waals surface area contributed by atoms with Crippen molar-refractivity contribution in [2.45, 2.75) is 36.7 Å². The van der Waals surface area contributed by atoms with Crippen LogP contribution in [-0.2, 0) is 28.7 Å². The highest BCUT2D eigenvalue weighted by Gasteiger charge is 2.26. The summed E-state index contributed by atoms with van der Waals surface area (Å²) in [6.45, 7) is 4.81. The molecular formula is C24H32N4O3S. The van der Waals surface area contributed by atoms with Gasteiger partial charge in [-0.3, -0.25) is 9.69 Å². The molecule has 2 atom stereocenters. The van der Waals surface area contributed by atoms with Crippen molar-refractivity contribution in [1.82, 2.24) is 14.5 Å². The summed E-state index contributed by atoms with van der Waals surface area (Å²) in [5, 5.41) is 2.93. The molecular weight excluding hydrogens is 424 g/mol. The second-order valence-corrected chi connectivity index (χ2v) is 9.87. The molecule has 8 heteroatoms. The normalized spacial score (nSPS) is 20.0. The third kappa shape index (κ3) is 5.95. The van der Waals surface area contributed by atoms with Gasteiger partial charge in [-0.25, -0.2) is 8.51 Å². The van der Waals surface area contributed by atoms with Crippen LogP contribution < -0.4 is 15.8 Å². The van der Waals surface area contributed by atoms with E-state index >= 15 is 0 Å². The van der Waals surface area contributed by atoms with Crippen LogP contribution in [-0.4, -0.2) is 64.7 Å². The number of hydrogen-bond donors (Lipinski definition) is 2. The van der Waals surface area contributed by atoms with E-state index in [1.54, 1.807) is 12.1 Å². The first-order chi connectivity index (χ1) is 15.6. The lowest BCUT2D eigenvalue weighted by Crippen LogP contribution is -2.35. The average molecular weight is 457 g/mol. The van der Waals surface area contributed by atoms with Crippen LogP contribution >= 0.6 is 0 Å². The third-order valence-corrected chi connectivity index (χ3v) is 7.52. The van der Waals surface area contributed by atoms with Crippen molar-refractivity contribution < 1.29 is 13.7 Å². The lowest BCUT2D eigenvalue weighted by Gasteiger charge is -2.28. The summed E-state index contributed by atoms with van der Waals surface area (Å²) in [6.07, 6.45) is 2.81. The molecule has 32 heavy (non-hydrogen) atoms. The van der Waals surface area contributed by atoms with Crippen molar-refractivity contribution in [2.75, 3.05) is 39.3 Å². The molecule has 2 unspecified atom stereocenters. The van der Waals surface area contributed by atoms with E-state index in [0.29, 0.717) is 30.3 Å². The maximum Gasteiger partial charge on any atom is 0.257 e. The van der Waals surface area contributed by atoms with Crippen LogP contribution in [0.15, 0.2) is 53.4 Å². The smallest absolute Gasteiger partial charge is 0.257 e. The maximum absolute atomic E-state index is 12.9. The standard InChI is InChI=1S/C24H32N4O3S/c25-21-11-15-28(17-21)32(30)23-9-4-3-8-22(23)31-18-24(29)26-12-5-13-27-14-10-19-6-1-2-7-20(19)16-27/h1-4,6-9,21H,5,10-18,25H2,(H,26,29). The van der Waals surface area contributed by atoms with Crippen molar-refractivity contribution >= 4 is 16.9 Å². The number of fused-ring (bicyclic) bond motifs is 1. The Hall–Kier alpha value is -2.26. The minimum absolute atomic E-state index is 0.0532. The summed E-state index contributed by atoms with van der Waals surface area (Å²) in [5.41, 5.74) is 8.79. The lowest BCUT2D eigenvalue weighted by atomic mass is 10.00. The van der Waals surface area contributed by atoms with E-state index in [4.69, 9.17) is 10.5 Å². The van der Waals surface area contributed by atoms with Gasteiger partial charge in [0, 0.05) is 45.3 Å². The molecule has 7 nitrogen and oxygen atoms in total.